The van der Waals surface area contributed by atoms with Gasteiger partial charge in [0.25, 0.3) is 0 Å². The molecular weight excluding hydrogens is 162 g/mol. The monoisotopic (exact) mass is 179 g/mol. The molecule has 0 unspecified atom stereocenters. The Morgan fingerprint density at radius 3 is 3.31 bits per heavy atom. The molecule has 0 aromatic carbocycles. The lowest BCUT2D eigenvalue weighted by molar-refractivity contribution is 0.434. The predicted molar refractivity (Wildman–Crippen MR) is 52.7 cm³/mol. The molecule has 0 aliphatic carbocycles. The highest BCUT2D eigenvalue weighted by Gasteiger charge is 2.17. The van der Waals surface area contributed by atoms with E-state index in [1.54, 1.807) is 0 Å². The first kappa shape index (κ1) is 8.75. The van der Waals surface area contributed by atoms with Crippen LogP contribution in [0.4, 0.5) is 0 Å². The third kappa shape index (κ3) is 1.75. The molecule has 3 nitrogen and oxygen atoms in total. The lowest BCUT2D eigenvalue weighted by atomic mass is 9.96. The minimum absolute atomic E-state index is 0.677. The van der Waals surface area contributed by atoms with Gasteiger partial charge in [0.15, 0.2) is 0 Å². The van der Waals surface area contributed by atoms with Crippen LogP contribution < -0.4 is 5.32 Å². The van der Waals surface area contributed by atoms with Gasteiger partial charge in [0.2, 0.25) is 0 Å². The molecule has 72 valence electrons. The second kappa shape index (κ2) is 3.92. The van der Waals surface area contributed by atoms with Gasteiger partial charge in [-0.1, -0.05) is 0 Å². The molecule has 1 aliphatic rings. The summed E-state index contributed by atoms with van der Waals surface area (Å²) in [7, 11) is 0. The highest BCUT2D eigenvalue weighted by Crippen LogP contribution is 2.22. The second-order valence-electron chi connectivity index (χ2n) is 3.62. The van der Waals surface area contributed by atoms with E-state index in [4.69, 9.17) is 0 Å². The lowest BCUT2D eigenvalue weighted by Gasteiger charge is -2.23. The molecule has 0 bridgehead atoms. The Morgan fingerprint density at radius 2 is 2.62 bits per heavy atom. The molecule has 3 heteroatoms. The molecule has 0 spiro atoms. The molecule has 1 atom stereocenters. The molecule has 1 aromatic heterocycles. The van der Waals surface area contributed by atoms with Gasteiger partial charge in [-0.2, -0.15) is 5.10 Å². The summed E-state index contributed by atoms with van der Waals surface area (Å²) in [5.74, 6) is 0.677. The summed E-state index contributed by atoms with van der Waals surface area (Å²) < 4.78 is 2.11. The summed E-state index contributed by atoms with van der Waals surface area (Å²) in [6, 6.07) is 2.15. The third-order valence-electron chi connectivity index (χ3n) is 2.76. The number of nitrogens with one attached hydrogen (secondary N) is 1. The van der Waals surface area contributed by atoms with E-state index in [1.807, 2.05) is 6.20 Å². The van der Waals surface area contributed by atoms with Crippen LogP contribution in [0.15, 0.2) is 12.3 Å². The average molecular weight is 179 g/mol. The first-order valence-electron chi connectivity index (χ1n) is 5.14. The Hall–Kier alpha value is -0.830. The maximum Gasteiger partial charge on any atom is 0.0492 e. The number of aromatic nitrogens is 2. The molecule has 13 heavy (non-hydrogen) atoms. The van der Waals surface area contributed by atoms with Gasteiger partial charge in [-0.25, -0.2) is 0 Å². The zero-order valence-electron chi connectivity index (χ0n) is 8.16. The highest BCUT2D eigenvalue weighted by molar-refractivity contribution is 5.09. The zero-order valence-corrected chi connectivity index (χ0v) is 8.16. The van der Waals surface area contributed by atoms with Crippen molar-refractivity contribution in [1.82, 2.24) is 15.1 Å². The van der Waals surface area contributed by atoms with Gasteiger partial charge in [-0.15, -0.1) is 0 Å². The number of piperidine rings is 1. The molecule has 1 N–H and O–H groups in total. The Bertz CT molecular complexity index is 261. The molecule has 1 aromatic rings. The van der Waals surface area contributed by atoms with Crippen molar-refractivity contribution in [3.8, 4) is 0 Å². The van der Waals surface area contributed by atoms with Gasteiger partial charge in [0, 0.05) is 30.9 Å². The van der Waals surface area contributed by atoms with Gasteiger partial charge in [0.1, 0.15) is 0 Å². The quantitative estimate of drug-likeness (QED) is 0.743. The van der Waals surface area contributed by atoms with Crippen LogP contribution in [0.2, 0.25) is 0 Å². The van der Waals surface area contributed by atoms with Gasteiger partial charge in [-0.05, 0) is 32.4 Å². The molecule has 0 radical (unpaired) electrons. The van der Waals surface area contributed by atoms with Gasteiger partial charge in [0.05, 0.1) is 0 Å². The van der Waals surface area contributed by atoms with E-state index < -0.39 is 0 Å². The van der Waals surface area contributed by atoms with E-state index in [0.29, 0.717) is 5.92 Å². The summed E-state index contributed by atoms with van der Waals surface area (Å²) >= 11 is 0. The van der Waals surface area contributed by atoms with Crippen molar-refractivity contribution >= 4 is 0 Å². The minimum atomic E-state index is 0.677. The van der Waals surface area contributed by atoms with Crippen LogP contribution in [-0.2, 0) is 6.54 Å². The van der Waals surface area contributed by atoms with E-state index in [9.17, 15) is 0 Å². The Balaban J connectivity index is 2.13. The maximum absolute atomic E-state index is 4.30. The van der Waals surface area contributed by atoms with Gasteiger partial charge >= 0.3 is 0 Å². The number of hydrogen-bond acceptors (Lipinski definition) is 2. The minimum Gasteiger partial charge on any atom is -0.316 e. The molecule has 2 heterocycles. The smallest absolute Gasteiger partial charge is 0.0492 e. The van der Waals surface area contributed by atoms with Crippen LogP contribution in [0, 0.1) is 0 Å². The zero-order chi connectivity index (χ0) is 9.10. The number of rotatable bonds is 2. The lowest BCUT2D eigenvalue weighted by Crippen LogP contribution is -2.29. The fourth-order valence-electron chi connectivity index (χ4n) is 2.06. The topological polar surface area (TPSA) is 29.9 Å². The van der Waals surface area contributed by atoms with Crippen molar-refractivity contribution < 1.29 is 0 Å². The van der Waals surface area contributed by atoms with Crippen LogP contribution >= 0.6 is 0 Å². The average Bonchev–Trinajstić information content (AvgIpc) is 2.67. The predicted octanol–water partition coefficient (Wildman–Crippen LogP) is 1.37. The summed E-state index contributed by atoms with van der Waals surface area (Å²) in [6.07, 6.45) is 4.51. The van der Waals surface area contributed by atoms with Gasteiger partial charge in [-0.3, -0.25) is 4.68 Å². The maximum atomic E-state index is 4.30. The third-order valence-corrected chi connectivity index (χ3v) is 2.76. The first-order chi connectivity index (χ1) is 6.42. The first-order valence-corrected chi connectivity index (χ1v) is 5.14. The number of aryl methyl sites for hydroxylation is 1. The summed E-state index contributed by atoms with van der Waals surface area (Å²) in [5.41, 5.74) is 1.40. The van der Waals surface area contributed by atoms with Crippen molar-refractivity contribution in [1.29, 1.82) is 0 Å². The van der Waals surface area contributed by atoms with E-state index in [-0.39, 0.29) is 0 Å². The van der Waals surface area contributed by atoms with Crippen LogP contribution in [-0.4, -0.2) is 22.9 Å². The van der Waals surface area contributed by atoms with Crippen molar-refractivity contribution in [2.45, 2.75) is 32.2 Å². The number of hydrogen-bond donors (Lipinski definition) is 1. The van der Waals surface area contributed by atoms with Crippen molar-refractivity contribution in [3.63, 3.8) is 0 Å². The molecule has 0 amide bonds. The molecule has 0 saturated carbocycles. The van der Waals surface area contributed by atoms with E-state index in [1.165, 1.54) is 25.1 Å². The fraction of sp³-hybridized carbons (Fsp3) is 0.700. The number of nitrogens with zero attached hydrogens (tertiary/aromatic N) is 2. The van der Waals surface area contributed by atoms with Crippen LogP contribution in [0.3, 0.4) is 0 Å². The normalized spacial score (nSPS) is 23.3. The van der Waals surface area contributed by atoms with Crippen LogP contribution in [0.1, 0.15) is 31.4 Å². The molecule has 1 fully saturated rings. The van der Waals surface area contributed by atoms with E-state index >= 15 is 0 Å². The SMILES string of the molecule is CCn1nccc1[C@@H]1CCCNC1. The molecular formula is C10H17N3. The van der Waals surface area contributed by atoms with Crippen molar-refractivity contribution in [2.24, 2.45) is 0 Å². The fourth-order valence-corrected chi connectivity index (χ4v) is 2.06. The largest absolute Gasteiger partial charge is 0.316 e. The standard InChI is InChI=1S/C10H17N3/c1-2-13-10(5-7-12-13)9-4-3-6-11-8-9/h5,7,9,11H,2-4,6,8H2,1H3/t9-/m1/s1. The van der Waals surface area contributed by atoms with Crippen molar-refractivity contribution in [2.75, 3.05) is 13.1 Å². The van der Waals surface area contributed by atoms with Crippen LogP contribution in [0.5, 0.6) is 0 Å². The van der Waals surface area contributed by atoms with Crippen molar-refractivity contribution in [3.05, 3.63) is 18.0 Å². The Labute approximate surface area is 79.1 Å². The molecule has 2 rings (SSSR count). The van der Waals surface area contributed by atoms with Crippen LogP contribution in [0.25, 0.3) is 0 Å². The Morgan fingerprint density at radius 1 is 1.69 bits per heavy atom. The van der Waals surface area contributed by atoms with E-state index in [0.717, 1.165) is 13.1 Å². The second-order valence-corrected chi connectivity index (χ2v) is 3.62. The van der Waals surface area contributed by atoms with E-state index in [2.05, 4.69) is 28.1 Å². The Kier molecular flexibility index (Phi) is 2.64. The molecule has 1 saturated heterocycles. The summed E-state index contributed by atoms with van der Waals surface area (Å²) in [4.78, 5) is 0. The highest BCUT2D eigenvalue weighted by atomic mass is 15.3. The molecule has 1 aliphatic heterocycles. The summed E-state index contributed by atoms with van der Waals surface area (Å²) in [6.45, 7) is 5.42. The summed E-state index contributed by atoms with van der Waals surface area (Å²) in [5, 5.41) is 7.73. The van der Waals surface area contributed by atoms with Gasteiger partial charge < -0.3 is 5.32 Å².